The van der Waals surface area contributed by atoms with Gasteiger partial charge in [-0.15, -0.1) is 0 Å². The SMILES string of the molecule is CS(=O)(=O)Nc1ccccc1-c1ccc2[nH]c(/C=C/c3ccc(OCC(F)(F)C(F)(F)F)cc3)nc2c1. The number of aromatic nitrogens is 2. The molecule has 12 heteroatoms. The highest BCUT2D eigenvalue weighted by atomic mass is 32.2. The van der Waals surface area contributed by atoms with Crippen molar-refractivity contribution >= 4 is 38.9 Å². The minimum atomic E-state index is -5.68. The molecule has 0 saturated carbocycles. The Bertz CT molecular complexity index is 1550. The molecule has 0 fully saturated rings. The van der Waals surface area contributed by atoms with Gasteiger partial charge in [-0.2, -0.15) is 22.0 Å². The number of anilines is 1. The predicted molar refractivity (Wildman–Crippen MR) is 132 cm³/mol. The van der Waals surface area contributed by atoms with E-state index in [1.807, 2.05) is 18.2 Å². The predicted octanol–water partition coefficient (Wildman–Crippen LogP) is 6.35. The van der Waals surface area contributed by atoms with E-state index in [2.05, 4.69) is 19.4 Å². The number of imidazole rings is 1. The number of H-pyrrole nitrogens is 1. The van der Waals surface area contributed by atoms with Gasteiger partial charge in [0.25, 0.3) is 0 Å². The summed E-state index contributed by atoms with van der Waals surface area (Å²) in [7, 11) is -3.47. The van der Waals surface area contributed by atoms with Gasteiger partial charge in [-0.05, 0) is 47.5 Å². The molecule has 0 amide bonds. The molecule has 6 nitrogen and oxygen atoms in total. The number of nitrogens with zero attached hydrogens (tertiary/aromatic N) is 1. The van der Waals surface area contributed by atoms with E-state index in [1.165, 1.54) is 24.3 Å². The number of hydrogen-bond acceptors (Lipinski definition) is 4. The molecule has 3 aromatic carbocycles. The molecule has 1 heterocycles. The molecule has 0 atom stereocenters. The molecule has 0 unspecified atom stereocenters. The molecule has 194 valence electrons. The third-order valence-electron chi connectivity index (χ3n) is 5.18. The second-order valence-corrected chi connectivity index (χ2v) is 9.92. The lowest BCUT2D eigenvalue weighted by Gasteiger charge is -2.19. The zero-order valence-electron chi connectivity index (χ0n) is 19.2. The maximum atomic E-state index is 13.0. The first-order valence-electron chi connectivity index (χ1n) is 10.7. The maximum Gasteiger partial charge on any atom is 0.456 e. The normalized spacial score (nSPS) is 12.8. The zero-order valence-corrected chi connectivity index (χ0v) is 20.0. The number of aromatic amines is 1. The van der Waals surface area contributed by atoms with Crippen molar-refractivity contribution in [1.29, 1.82) is 0 Å². The van der Waals surface area contributed by atoms with Crippen molar-refractivity contribution in [2.45, 2.75) is 12.1 Å². The van der Waals surface area contributed by atoms with Crippen molar-refractivity contribution in [3.63, 3.8) is 0 Å². The quantitative estimate of drug-likeness (QED) is 0.257. The summed E-state index contributed by atoms with van der Waals surface area (Å²) in [5.74, 6) is -4.55. The van der Waals surface area contributed by atoms with Gasteiger partial charge in [-0.1, -0.05) is 42.5 Å². The van der Waals surface area contributed by atoms with E-state index in [0.29, 0.717) is 28.2 Å². The Hall–Kier alpha value is -3.93. The molecule has 0 spiro atoms. The lowest BCUT2D eigenvalue weighted by atomic mass is 10.0. The average molecular weight is 538 g/mol. The fourth-order valence-electron chi connectivity index (χ4n) is 3.40. The van der Waals surface area contributed by atoms with Crippen molar-refractivity contribution < 1.29 is 35.1 Å². The van der Waals surface area contributed by atoms with Gasteiger partial charge in [0.2, 0.25) is 10.0 Å². The zero-order chi connectivity index (χ0) is 26.8. The smallest absolute Gasteiger partial charge is 0.456 e. The molecular weight excluding hydrogens is 517 g/mol. The minimum absolute atomic E-state index is 0.122. The summed E-state index contributed by atoms with van der Waals surface area (Å²) in [6.45, 7) is -1.80. The first-order valence-corrected chi connectivity index (χ1v) is 12.6. The number of halogens is 5. The van der Waals surface area contributed by atoms with Crippen LogP contribution in [0, 0.1) is 0 Å². The molecule has 1 aromatic heterocycles. The number of rotatable bonds is 8. The largest absolute Gasteiger partial charge is 0.487 e. The van der Waals surface area contributed by atoms with Crippen molar-refractivity contribution in [3.8, 4) is 16.9 Å². The van der Waals surface area contributed by atoms with Crippen LogP contribution in [0.1, 0.15) is 11.4 Å². The van der Waals surface area contributed by atoms with Crippen LogP contribution in [0.25, 0.3) is 34.3 Å². The van der Waals surface area contributed by atoms with Gasteiger partial charge in [-0.25, -0.2) is 13.4 Å². The van der Waals surface area contributed by atoms with Crippen LogP contribution in [-0.2, 0) is 10.0 Å². The summed E-state index contributed by atoms with van der Waals surface area (Å²) < 4.78 is 93.2. The molecule has 0 bridgehead atoms. The molecule has 0 saturated heterocycles. The van der Waals surface area contributed by atoms with Gasteiger partial charge in [0, 0.05) is 5.56 Å². The van der Waals surface area contributed by atoms with E-state index in [-0.39, 0.29) is 5.75 Å². The number of sulfonamides is 1. The topological polar surface area (TPSA) is 84.1 Å². The van der Waals surface area contributed by atoms with E-state index >= 15 is 0 Å². The molecule has 2 N–H and O–H groups in total. The number of benzene rings is 3. The summed E-state index contributed by atoms with van der Waals surface area (Å²) in [5, 5.41) is 0. The number of fused-ring (bicyclic) bond motifs is 1. The maximum absolute atomic E-state index is 13.0. The Morgan fingerprint density at radius 2 is 1.68 bits per heavy atom. The van der Waals surface area contributed by atoms with E-state index in [0.717, 1.165) is 17.3 Å². The third kappa shape index (κ3) is 6.45. The Morgan fingerprint density at radius 1 is 0.973 bits per heavy atom. The Kier molecular flexibility index (Phi) is 6.96. The molecule has 0 radical (unpaired) electrons. The molecule has 4 rings (SSSR count). The van der Waals surface area contributed by atoms with Crippen molar-refractivity contribution in [2.75, 3.05) is 17.6 Å². The van der Waals surface area contributed by atoms with Crippen molar-refractivity contribution in [3.05, 3.63) is 78.1 Å². The summed E-state index contributed by atoms with van der Waals surface area (Å²) in [5.41, 5.74) is 3.90. The minimum Gasteiger partial charge on any atom is -0.487 e. The van der Waals surface area contributed by atoms with Crippen molar-refractivity contribution in [1.82, 2.24) is 9.97 Å². The number of nitrogens with one attached hydrogen (secondary N) is 2. The Balaban J connectivity index is 1.48. The van der Waals surface area contributed by atoms with Gasteiger partial charge in [-0.3, -0.25) is 4.72 Å². The molecule has 0 aliphatic heterocycles. The van der Waals surface area contributed by atoms with Gasteiger partial charge < -0.3 is 9.72 Å². The van der Waals surface area contributed by atoms with Crippen LogP contribution in [0.15, 0.2) is 66.7 Å². The van der Waals surface area contributed by atoms with E-state index < -0.39 is 28.7 Å². The lowest BCUT2D eigenvalue weighted by Crippen LogP contribution is -2.41. The van der Waals surface area contributed by atoms with Gasteiger partial charge in [0.05, 0.1) is 23.0 Å². The highest BCUT2D eigenvalue weighted by Gasteiger charge is 2.58. The number of alkyl halides is 5. The summed E-state index contributed by atoms with van der Waals surface area (Å²) in [4.78, 5) is 7.66. The lowest BCUT2D eigenvalue weighted by molar-refractivity contribution is -0.290. The highest BCUT2D eigenvalue weighted by molar-refractivity contribution is 7.92. The fourth-order valence-corrected chi connectivity index (χ4v) is 3.98. The van der Waals surface area contributed by atoms with E-state index in [1.54, 1.807) is 36.4 Å². The van der Waals surface area contributed by atoms with Crippen LogP contribution in [0.2, 0.25) is 0 Å². The first-order chi connectivity index (χ1) is 17.3. The average Bonchev–Trinajstić information content (AvgIpc) is 3.23. The van der Waals surface area contributed by atoms with Crippen LogP contribution >= 0.6 is 0 Å². The first kappa shape index (κ1) is 26.1. The fraction of sp³-hybridized carbons (Fsp3) is 0.160. The van der Waals surface area contributed by atoms with Crippen molar-refractivity contribution in [2.24, 2.45) is 0 Å². The monoisotopic (exact) mass is 537 g/mol. The van der Waals surface area contributed by atoms with Gasteiger partial charge in [0.1, 0.15) is 11.6 Å². The molecular formula is C25H20F5N3O3S. The van der Waals surface area contributed by atoms with Gasteiger partial charge >= 0.3 is 12.1 Å². The number of para-hydroxylation sites is 1. The van der Waals surface area contributed by atoms with Crippen LogP contribution in [0.4, 0.5) is 27.6 Å². The van der Waals surface area contributed by atoms with Gasteiger partial charge in [0.15, 0.2) is 6.61 Å². The van der Waals surface area contributed by atoms with E-state index in [9.17, 15) is 30.4 Å². The van der Waals surface area contributed by atoms with Crippen LogP contribution in [0.3, 0.4) is 0 Å². The summed E-state index contributed by atoms with van der Waals surface area (Å²) >= 11 is 0. The second-order valence-electron chi connectivity index (χ2n) is 8.17. The summed E-state index contributed by atoms with van der Waals surface area (Å²) in [6, 6.07) is 18.0. The van der Waals surface area contributed by atoms with Crippen LogP contribution in [-0.4, -0.2) is 43.3 Å². The molecule has 4 aromatic rings. The Labute approximate surface area is 208 Å². The standard InChI is InChI=1S/C25H20F5N3O3S/c1-37(34,35)33-20-5-3-2-4-19(20)17-9-12-21-22(14-17)32-23(31-21)13-8-16-6-10-18(11-7-16)36-15-24(26,27)25(28,29)30/h2-14,33H,15H2,1H3,(H,31,32)/b13-8+. The summed E-state index contributed by atoms with van der Waals surface area (Å²) in [6.07, 6.45) is -1.25. The Morgan fingerprint density at radius 3 is 2.35 bits per heavy atom. The number of ether oxygens (including phenoxy) is 1. The van der Waals surface area contributed by atoms with Crippen LogP contribution in [0.5, 0.6) is 5.75 Å². The van der Waals surface area contributed by atoms with Crippen LogP contribution < -0.4 is 9.46 Å². The third-order valence-corrected chi connectivity index (χ3v) is 5.77. The molecule has 0 aliphatic carbocycles. The van der Waals surface area contributed by atoms with E-state index in [4.69, 9.17) is 0 Å². The molecule has 37 heavy (non-hydrogen) atoms. The molecule has 0 aliphatic rings. The highest BCUT2D eigenvalue weighted by Crippen LogP contribution is 2.36. The number of hydrogen-bond donors (Lipinski definition) is 2. The second kappa shape index (κ2) is 9.85.